The van der Waals surface area contributed by atoms with Gasteiger partial charge in [0.2, 0.25) is 0 Å². The number of ether oxygens (including phenoxy) is 3. The van der Waals surface area contributed by atoms with Crippen molar-refractivity contribution >= 4 is 17.9 Å². The van der Waals surface area contributed by atoms with Crippen molar-refractivity contribution in [3.05, 3.63) is 96.6 Å². The van der Waals surface area contributed by atoms with Crippen molar-refractivity contribution in [1.82, 2.24) is 0 Å². The fourth-order valence-electron chi connectivity index (χ4n) is 4.41. The van der Waals surface area contributed by atoms with Crippen molar-refractivity contribution in [3.8, 4) is 22.6 Å². The molecule has 0 saturated carbocycles. The number of rotatable bonds is 19. The molecule has 3 rings (SSSR count). The Labute approximate surface area is 248 Å². The molecule has 0 saturated heterocycles. The predicted molar refractivity (Wildman–Crippen MR) is 163 cm³/mol. The first-order valence-electron chi connectivity index (χ1n) is 14.6. The highest BCUT2D eigenvalue weighted by Gasteiger charge is 2.10. The van der Waals surface area contributed by atoms with Gasteiger partial charge in [-0.25, -0.2) is 14.4 Å². The van der Waals surface area contributed by atoms with Crippen LogP contribution in [0.2, 0.25) is 0 Å². The smallest absolute Gasteiger partial charge is 0.343 e. The largest absolute Gasteiger partial charge is 0.494 e. The van der Waals surface area contributed by atoms with Crippen LogP contribution in [0, 0.1) is 0 Å². The number of unbranched alkanes of at least 4 members (excludes halogenated alkanes) is 9. The van der Waals surface area contributed by atoms with E-state index in [0.717, 1.165) is 42.6 Å². The minimum absolute atomic E-state index is 0.231. The molecule has 0 heterocycles. The molecule has 0 aliphatic rings. The number of benzene rings is 3. The third-order valence-electron chi connectivity index (χ3n) is 6.84. The molecule has 0 unspecified atom stereocenters. The van der Waals surface area contributed by atoms with Crippen molar-refractivity contribution in [2.24, 2.45) is 0 Å². The number of carboxylic acid groups (broad SMARTS) is 1. The van der Waals surface area contributed by atoms with Crippen LogP contribution in [0.3, 0.4) is 0 Å². The van der Waals surface area contributed by atoms with Gasteiger partial charge < -0.3 is 19.3 Å². The first kappa shape index (κ1) is 32.1. The fraction of sp³-hybridized carbons (Fsp3) is 0.343. The lowest BCUT2D eigenvalue weighted by Gasteiger charge is -2.08. The van der Waals surface area contributed by atoms with Crippen molar-refractivity contribution in [3.63, 3.8) is 0 Å². The second-order valence-corrected chi connectivity index (χ2v) is 10.1. The van der Waals surface area contributed by atoms with Crippen LogP contribution in [-0.4, -0.2) is 36.2 Å². The van der Waals surface area contributed by atoms with E-state index in [2.05, 4.69) is 6.58 Å². The van der Waals surface area contributed by atoms with Crippen LogP contribution < -0.4 is 9.47 Å². The third kappa shape index (κ3) is 11.6. The Bertz CT molecular complexity index is 1260. The van der Waals surface area contributed by atoms with Crippen LogP contribution >= 0.6 is 0 Å². The predicted octanol–water partition coefficient (Wildman–Crippen LogP) is 8.28. The van der Waals surface area contributed by atoms with Crippen LogP contribution in [0.4, 0.5) is 0 Å². The molecule has 0 aromatic heterocycles. The highest BCUT2D eigenvalue weighted by atomic mass is 16.5. The number of hydrogen-bond donors (Lipinski definition) is 1. The van der Waals surface area contributed by atoms with Crippen LogP contribution in [0.15, 0.2) is 85.5 Å². The SMILES string of the molecule is C=CC(=O)OCCCCCCCCCCCCOc1ccc(C(=O)Oc2ccc(-c3ccc(C(=O)O)cc3)cc2)cc1. The Balaban J connectivity index is 1.25. The lowest BCUT2D eigenvalue weighted by Crippen LogP contribution is -2.08. The van der Waals surface area contributed by atoms with E-state index in [1.807, 2.05) is 12.1 Å². The van der Waals surface area contributed by atoms with E-state index in [4.69, 9.17) is 19.3 Å². The van der Waals surface area contributed by atoms with E-state index < -0.39 is 11.9 Å². The summed E-state index contributed by atoms with van der Waals surface area (Å²) < 4.78 is 16.3. The average molecular weight is 573 g/mol. The highest BCUT2D eigenvalue weighted by Crippen LogP contribution is 2.24. The Morgan fingerprint density at radius 1 is 0.595 bits per heavy atom. The van der Waals surface area contributed by atoms with Crippen molar-refractivity contribution in [1.29, 1.82) is 0 Å². The Morgan fingerprint density at radius 2 is 1.05 bits per heavy atom. The molecule has 0 aliphatic carbocycles. The summed E-state index contributed by atoms with van der Waals surface area (Å²) in [5.41, 5.74) is 2.43. The third-order valence-corrected chi connectivity index (χ3v) is 6.84. The summed E-state index contributed by atoms with van der Waals surface area (Å²) in [4.78, 5) is 34.5. The highest BCUT2D eigenvalue weighted by molar-refractivity contribution is 5.91. The molecule has 0 aliphatic heterocycles. The minimum atomic E-state index is -0.965. The Kier molecular flexibility index (Phi) is 13.9. The zero-order chi connectivity index (χ0) is 30.0. The Morgan fingerprint density at radius 3 is 1.57 bits per heavy atom. The van der Waals surface area contributed by atoms with Gasteiger partial charge >= 0.3 is 17.9 Å². The molecule has 0 bridgehead atoms. The van der Waals surface area contributed by atoms with Gasteiger partial charge in [0.05, 0.1) is 24.3 Å². The van der Waals surface area contributed by atoms with Gasteiger partial charge in [-0.1, -0.05) is 82.2 Å². The Hall–Kier alpha value is -4.39. The second-order valence-electron chi connectivity index (χ2n) is 10.1. The molecular formula is C35H40O7. The molecule has 7 nitrogen and oxygen atoms in total. The quantitative estimate of drug-likeness (QED) is 0.0668. The second kappa shape index (κ2) is 18.1. The summed E-state index contributed by atoms with van der Waals surface area (Å²) in [5, 5.41) is 9.04. The maximum Gasteiger partial charge on any atom is 0.343 e. The van der Waals surface area contributed by atoms with Gasteiger partial charge in [0, 0.05) is 6.08 Å². The molecular weight excluding hydrogens is 532 g/mol. The van der Waals surface area contributed by atoms with Gasteiger partial charge in [0.1, 0.15) is 11.5 Å². The lowest BCUT2D eigenvalue weighted by atomic mass is 10.0. The van der Waals surface area contributed by atoms with Crippen LogP contribution in [0.5, 0.6) is 11.5 Å². The first-order valence-corrected chi connectivity index (χ1v) is 14.6. The molecule has 42 heavy (non-hydrogen) atoms. The van der Waals surface area contributed by atoms with Crippen molar-refractivity contribution in [2.45, 2.75) is 64.2 Å². The van der Waals surface area contributed by atoms with Gasteiger partial charge in [0.15, 0.2) is 0 Å². The van der Waals surface area contributed by atoms with Gasteiger partial charge in [-0.05, 0) is 72.5 Å². The van der Waals surface area contributed by atoms with Gasteiger partial charge in [-0.15, -0.1) is 0 Å². The lowest BCUT2D eigenvalue weighted by molar-refractivity contribution is -0.137. The average Bonchev–Trinajstić information content (AvgIpc) is 3.01. The molecule has 0 amide bonds. The zero-order valence-corrected chi connectivity index (χ0v) is 24.1. The molecule has 0 radical (unpaired) electrons. The summed E-state index contributed by atoms with van der Waals surface area (Å²) in [6.07, 6.45) is 12.6. The maximum absolute atomic E-state index is 12.6. The molecule has 222 valence electrons. The number of carboxylic acids is 1. The summed E-state index contributed by atoms with van der Waals surface area (Å²) >= 11 is 0. The summed E-state index contributed by atoms with van der Waals surface area (Å²) in [7, 11) is 0. The fourth-order valence-corrected chi connectivity index (χ4v) is 4.41. The molecule has 3 aromatic carbocycles. The topological polar surface area (TPSA) is 99.1 Å². The summed E-state index contributed by atoms with van der Waals surface area (Å²) in [6.45, 7) is 4.51. The molecule has 3 aromatic rings. The van der Waals surface area contributed by atoms with Crippen molar-refractivity contribution in [2.75, 3.05) is 13.2 Å². The van der Waals surface area contributed by atoms with E-state index in [9.17, 15) is 14.4 Å². The number of aromatic carboxylic acids is 1. The molecule has 7 heteroatoms. The van der Waals surface area contributed by atoms with Crippen LogP contribution in [-0.2, 0) is 9.53 Å². The molecule has 0 spiro atoms. The minimum Gasteiger partial charge on any atom is -0.494 e. The van der Waals surface area contributed by atoms with Crippen molar-refractivity contribution < 1.29 is 33.7 Å². The number of carbonyl (C=O) groups excluding carboxylic acids is 2. The monoisotopic (exact) mass is 572 g/mol. The zero-order valence-electron chi connectivity index (χ0n) is 24.1. The van der Waals surface area contributed by atoms with Gasteiger partial charge in [-0.2, -0.15) is 0 Å². The summed E-state index contributed by atoms with van der Waals surface area (Å²) in [6, 6.07) is 20.6. The molecule has 1 N–H and O–H groups in total. The van der Waals surface area contributed by atoms with Gasteiger partial charge in [0.25, 0.3) is 0 Å². The number of hydrogen-bond acceptors (Lipinski definition) is 6. The normalized spacial score (nSPS) is 10.6. The van der Waals surface area contributed by atoms with E-state index >= 15 is 0 Å². The molecule has 0 fully saturated rings. The summed E-state index contributed by atoms with van der Waals surface area (Å²) in [5.74, 6) is -0.608. The van der Waals surface area contributed by atoms with Crippen LogP contribution in [0.25, 0.3) is 11.1 Å². The maximum atomic E-state index is 12.6. The van der Waals surface area contributed by atoms with E-state index in [-0.39, 0.29) is 11.5 Å². The first-order chi connectivity index (χ1) is 20.5. The van der Waals surface area contributed by atoms with E-state index in [1.165, 1.54) is 44.6 Å². The van der Waals surface area contributed by atoms with Crippen LogP contribution in [0.1, 0.15) is 84.9 Å². The van der Waals surface area contributed by atoms with E-state index in [1.54, 1.807) is 60.7 Å². The van der Waals surface area contributed by atoms with Gasteiger partial charge in [-0.3, -0.25) is 0 Å². The number of esters is 2. The standard InChI is InChI=1S/C35H40O7/c1-2-33(36)41-26-12-10-8-6-4-3-5-7-9-11-25-40-31-21-19-30(20-22-31)35(39)42-32-23-17-28(18-24-32)27-13-15-29(16-14-27)34(37)38/h2,13-24H,1,3-12,25-26H2,(H,37,38). The van der Waals surface area contributed by atoms with E-state index in [0.29, 0.717) is 24.5 Å². The number of carbonyl (C=O) groups is 3. The molecule has 0 atom stereocenters.